The molecule has 2 aliphatic rings. The highest BCUT2D eigenvalue weighted by Crippen LogP contribution is 2.29. The minimum atomic E-state index is -1.37. The average molecular weight is 541 g/mol. The standard InChI is InChI=1S/C25H24FN5O8/c1-13(32)27-11-16-12-29(25(38)39-16)15-2-3-20(19(26)10-15)28-4-6-30-21-17(22(33)31(30)7-5-28)8-14(23(34)35)9-18(21)24(36)37/h2-3,8-10,16H,4-7,11-12H2,1H3,(H,27,32)(H,34,35)(H,36,37)/t16-/m0/s1. The number of carboxylic acids is 2. The number of hydrogen-bond donors (Lipinski definition) is 3. The first-order valence-electron chi connectivity index (χ1n) is 12.1. The third kappa shape index (κ3) is 4.64. The highest BCUT2D eigenvalue weighted by Gasteiger charge is 2.33. The number of ether oxygens (including phenoxy) is 1. The summed E-state index contributed by atoms with van der Waals surface area (Å²) in [5.41, 5.74) is -0.512. The molecule has 3 aromatic rings. The van der Waals surface area contributed by atoms with Gasteiger partial charge in [0.2, 0.25) is 5.91 Å². The largest absolute Gasteiger partial charge is 0.478 e. The predicted molar refractivity (Wildman–Crippen MR) is 135 cm³/mol. The van der Waals surface area contributed by atoms with Gasteiger partial charge in [0.25, 0.3) is 5.56 Å². The summed E-state index contributed by atoms with van der Waals surface area (Å²) in [5, 5.41) is 21.6. The van der Waals surface area contributed by atoms with E-state index in [1.54, 1.807) is 11.0 Å². The van der Waals surface area contributed by atoms with E-state index in [9.17, 15) is 34.2 Å². The van der Waals surface area contributed by atoms with Crippen molar-refractivity contribution in [2.24, 2.45) is 0 Å². The Kier molecular flexibility index (Phi) is 6.46. The third-order valence-corrected chi connectivity index (χ3v) is 6.80. The number of benzene rings is 2. The van der Waals surface area contributed by atoms with Crippen LogP contribution in [0.25, 0.3) is 10.9 Å². The van der Waals surface area contributed by atoms with Crippen molar-refractivity contribution in [1.29, 1.82) is 0 Å². The maximum absolute atomic E-state index is 15.3. The molecular weight excluding hydrogens is 517 g/mol. The van der Waals surface area contributed by atoms with Crippen LogP contribution in [0.4, 0.5) is 20.6 Å². The molecule has 204 valence electrons. The zero-order chi connectivity index (χ0) is 28.0. The van der Waals surface area contributed by atoms with Crippen LogP contribution < -0.4 is 20.7 Å². The average Bonchev–Trinajstić information content (AvgIpc) is 3.29. The van der Waals surface area contributed by atoms with Gasteiger partial charge in [-0.25, -0.2) is 23.5 Å². The van der Waals surface area contributed by atoms with Gasteiger partial charge in [-0.15, -0.1) is 0 Å². The Morgan fingerprint density at radius 3 is 2.38 bits per heavy atom. The molecule has 0 spiro atoms. The van der Waals surface area contributed by atoms with Crippen LogP contribution in [-0.4, -0.2) is 75.8 Å². The first kappa shape index (κ1) is 25.8. The highest BCUT2D eigenvalue weighted by molar-refractivity contribution is 6.05. The SMILES string of the molecule is CC(=O)NC[C@H]1CN(c2ccc(N3CCn4c(=O)c5cc(C(=O)O)cc(C(=O)O)c5n4CC3)c(F)c2)C(=O)O1. The number of cyclic esters (lactones) is 1. The van der Waals surface area contributed by atoms with E-state index in [1.165, 1.54) is 39.4 Å². The molecule has 0 aliphatic carbocycles. The van der Waals surface area contributed by atoms with E-state index in [4.69, 9.17) is 4.74 Å². The Hall–Kier alpha value is -4.88. The van der Waals surface area contributed by atoms with Gasteiger partial charge in [-0.05, 0) is 30.3 Å². The van der Waals surface area contributed by atoms with E-state index in [0.29, 0.717) is 0 Å². The van der Waals surface area contributed by atoms with Crippen LogP contribution in [0, 0.1) is 5.82 Å². The number of nitrogens with one attached hydrogen (secondary N) is 1. The van der Waals surface area contributed by atoms with E-state index in [-0.39, 0.29) is 78.6 Å². The van der Waals surface area contributed by atoms with Crippen molar-refractivity contribution in [3.8, 4) is 0 Å². The Bertz CT molecular complexity index is 1600. The fraction of sp³-hybridized carbons (Fsp3) is 0.320. The van der Waals surface area contributed by atoms with Crippen LogP contribution >= 0.6 is 0 Å². The van der Waals surface area contributed by atoms with Gasteiger partial charge in [-0.2, -0.15) is 0 Å². The fourth-order valence-corrected chi connectivity index (χ4v) is 4.99. The lowest BCUT2D eigenvalue weighted by Crippen LogP contribution is -2.33. The minimum Gasteiger partial charge on any atom is -0.478 e. The number of hydrogen-bond acceptors (Lipinski definition) is 7. The highest BCUT2D eigenvalue weighted by atomic mass is 19.1. The van der Waals surface area contributed by atoms with Crippen molar-refractivity contribution in [3.63, 3.8) is 0 Å². The van der Waals surface area contributed by atoms with Crippen molar-refractivity contribution >= 4 is 46.2 Å². The van der Waals surface area contributed by atoms with Gasteiger partial charge in [0.05, 0.1) is 59.6 Å². The third-order valence-electron chi connectivity index (χ3n) is 6.80. The molecule has 39 heavy (non-hydrogen) atoms. The molecule has 0 bridgehead atoms. The Morgan fingerprint density at radius 2 is 1.74 bits per heavy atom. The number of aromatic nitrogens is 2. The molecule has 0 radical (unpaired) electrons. The van der Waals surface area contributed by atoms with Crippen molar-refractivity contribution in [2.45, 2.75) is 26.1 Å². The second kappa shape index (κ2) is 9.78. The van der Waals surface area contributed by atoms with Crippen molar-refractivity contribution in [1.82, 2.24) is 14.7 Å². The summed E-state index contributed by atoms with van der Waals surface area (Å²) in [6, 6.07) is 6.48. The first-order valence-corrected chi connectivity index (χ1v) is 12.1. The Labute approximate surface area is 219 Å². The summed E-state index contributed by atoms with van der Waals surface area (Å²) in [6.45, 7) is 2.30. The number of nitrogens with zero attached hydrogens (tertiary/aromatic N) is 4. The van der Waals surface area contributed by atoms with Crippen LogP contribution in [0.15, 0.2) is 35.1 Å². The summed E-state index contributed by atoms with van der Waals surface area (Å²) in [7, 11) is 0. The maximum Gasteiger partial charge on any atom is 0.414 e. The van der Waals surface area contributed by atoms with Crippen LogP contribution in [0.3, 0.4) is 0 Å². The van der Waals surface area contributed by atoms with Crippen molar-refractivity contribution < 1.29 is 38.5 Å². The van der Waals surface area contributed by atoms with Gasteiger partial charge in [0.1, 0.15) is 11.9 Å². The monoisotopic (exact) mass is 541 g/mol. The number of carbonyl (C=O) groups is 4. The number of rotatable bonds is 6. The predicted octanol–water partition coefficient (Wildman–Crippen LogP) is 1.32. The molecule has 0 saturated carbocycles. The molecule has 3 heterocycles. The zero-order valence-electron chi connectivity index (χ0n) is 20.7. The number of aromatic carboxylic acids is 2. The topological polar surface area (TPSA) is 163 Å². The lowest BCUT2D eigenvalue weighted by molar-refractivity contribution is -0.119. The number of fused-ring (bicyclic) bond motifs is 3. The van der Waals surface area contributed by atoms with Gasteiger partial charge in [-0.1, -0.05) is 0 Å². The van der Waals surface area contributed by atoms with Crippen LogP contribution in [0.1, 0.15) is 27.6 Å². The second-order valence-electron chi connectivity index (χ2n) is 9.26. The van der Waals surface area contributed by atoms with Gasteiger partial charge in [-0.3, -0.25) is 19.2 Å². The van der Waals surface area contributed by atoms with Crippen molar-refractivity contribution in [2.75, 3.05) is 36.0 Å². The lowest BCUT2D eigenvalue weighted by Gasteiger charge is -2.24. The molecule has 1 fully saturated rings. The van der Waals surface area contributed by atoms with E-state index in [2.05, 4.69) is 5.32 Å². The van der Waals surface area contributed by atoms with Gasteiger partial charge < -0.3 is 25.2 Å². The molecule has 2 aromatic carbocycles. The summed E-state index contributed by atoms with van der Waals surface area (Å²) >= 11 is 0. The molecule has 13 nitrogen and oxygen atoms in total. The van der Waals surface area contributed by atoms with E-state index < -0.39 is 35.5 Å². The smallest absolute Gasteiger partial charge is 0.414 e. The molecule has 0 unspecified atom stereocenters. The molecule has 2 aliphatic heterocycles. The molecule has 1 aromatic heterocycles. The van der Waals surface area contributed by atoms with Crippen LogP contribution in [0.2, 0.25) is 0 Å². The van der Waals surface area contributed by atoms with E-state index in [0.717, 1.165) is 6.07 Å². The quantitative estimate of drug-likeness (QED) is 0.418. The van der Waals surface area contributed by atoms with Crippen LogP contribution in [0.5, 0.6) is 0 Å². The summed E-state index contributed by atoms with van der Waals surface area (Å²) in [4.78, 5) is 62.9. The van der Waals surface area contributed by atoms with Crippen molar-refractivity contribution in [3.05, 3.63) is 57.6 Å². The summed E-state index contributed by atoms with van der Waals surface area (Å²) in [5.74, 6) is -3.58. The van der Waals surface area contributed by atoms with Crippen LogP contribution in [-0.2, 0) is 22.6 Å². The Balaban J connectivity index is 1.39. The number of carbonyl (C=O) groups excluding carboxylic acids is 2. The zero-order valence-corrected chi connectivity index (χ0v) is 20.7. The normalized spacial score (nSPS) is 17.1. The number of anilines is 2. The Morgan fingerprint density at radius 1 is 1.03 bits per heavy atom. The molecule has 3 N–H and O–H groups in total. The fourth-order valence-electron chi connectivity index (χ4n) is 4.99. The minimum absolute atomic E-state index is 0.00871. The number of carboxylic acid groups (broad SMARTS) is 2. The molecule has 2 amide bonds. The van der Waals surface area contributed by atoms with Gasteiger partial charge in [0.15, 0.2) is 0 Å². The molecular formula is C25H24FN5O8. The molecule has 14 heteroatoms. The van der Waals surface area contributed by atoms with Gasteiger partial charge >= 0.3 is 18.0 Å². The maximum atomic E-state index is 15.3. The van der Waals surface area contributed by atoms with E-state index >= 15 is 4.39 Å². The summed E-state index contributed by atoms with van der Waals surface area (Å²) < 4.78 is 23.4. The molecule has 5 rings (SSSR count). The second-order valence-corrected chi connectivity index (χ2v) is 9.26. The number of halogens is 1. The lowest BCUT2D eigenvalue weighted by atomic mass is 10.1. The number of amides is 2. The van der Waals surface area contributed by atoms with Gasteiger partial charge in [0, 0.05) is 20.0 Å². The first-order chi connectivity index (χ1) is 18.5. The van der Waals surface area contributed by atoms with E-state index in [1.807, 2.05) is 0 Å². The molecule has 1 atom stereocenters. The molecule has 1 saturated heterocycles. The summed E-state index contributed by atoms with van der Waals surface area (Å²) in [6.07, 6.45) is -1.22.